The third-order valence-corrected chi connectivity index (χ3v) is 6.91. The normalized spacial score (nSPS) is 21.1. The molecule has 3 unspecified atom stereocenters. The van der Waals surface area contributed by atoms with E-state index in [1.165, 1.54) is 6.42 Å². The van der Waals surface area contributed by atoms with Gasteiger partial charge >= 0.3 is 11.9 Å². The van der Waals surface area contributed by atoms with E-state index in [1.807, 2.05) is 33.0 Å². The van der Waals surface area contributed by atoms with Gasteiger partial charge in [0.2, 0.25) is 0 Å². The molecular formula is C26H41N5O4. The lowest BCUT2D eigenvalue weighted by molar-refractivity contribution is -0.149. The van der Waals surface area contributed by atoms with Gasteiger partial charge in [-0.25, -0.2) is 9.97 Å². The van der Waals surface area contributed by atoms with Crippen LogP contribution < -0.4 is 10.2 Å². The van der Waals surface area contributed by atoms with E-state index in [-0.39, 0.29) is 17.9 Å². The Balaban J connectivity index is 0.000000225. The number of nitrogens with one attached hydrogen (secondary N) is 2. The fourth-order valence-corrected chi connectivity index (χ4v) is 4.93. The molecule has 4 rings (SSSR count). The summed E-state index contributed by atoms with van der Waals surface area (Å²) in [5.41, 5.74) is 0.874. The molecule has 0 aliphatic carbocycles. The van der Waals surface area contributed by atoms with Crippen LogP contribution in [-0.2, 0) is 19.1 Å². The lowest BCUT2D eigenvalue weighted by Gasteiger charge is -2.33. The zero-order chi connectivity index (χ0) is 25.0. The van der Waals surface area contributed by atoms with Crippen LogP contribution in [-0.4, -0.2) is 66.3 Å². The molecule has 4 heterocycles. The molecular weight excluding hydrogens is 446 g/mol. The van der Waals surface area contributed by atoms with Crippen LogP contribution in [0.15, 0.2) is 18.6 Å². The topological polar surface area (TPSA) is 109 Å². The van der Waals surface area contributed by atoms with E-state index >= 15 is 0 Å². The standard InChI is InChI=1S/C16H22N4O2.C10H19NO2/c1-2-22-14(21)6-5-12-4-3-9-20(10-12)16-13-7-8-17-15(13)18-11-19-16;1-3-13-10(12)8(2)9-5-4-6-11-7-9/h7-8,11-12H,2-6,9-10H2,1H3,(H,17,18,19);8-9,11H,3-7H2,1-2H3. The van der Waals surface area contributed by atoms with Gasteiger partial charge in [0, 0.05) is 25.7 Å². The minimum atomic E-state index is -0.0883. The summed E-state index contributed by atoms with van der Waals surface area (Å²) < 4.78 is 10.0. The second-order valence-corrected chi connectivity index (χ2v) is 9.38. The molecule has 0 spiro atoms. The molecule has 0 amide bonds. The summed E-state index contributed by atoms with van der Waals surface area (Å²) in [6, 6.07) is 2.02. The zero-order valence-electron chi connectivity index (χ0n) is 21.4. The number of hydrogen-bond donors (Lipinski definition) is 2. The highest BCUT2D eigenvalue weighted by Crippen LogP contribution is 2.28. The summed E-state index contributed by atoms with van der Waals surface area (Å²) in [4.78, 5) is 37.1. The van der Waals surface area contributed by atoms with Crippen LogP contribution in [0.2, 0.25) is 0 Å². The van der Waals surface area contributed by atoms with Gasteiger partial charge in [-0.1, -0.05) is 6.92 Å². The quantitative estimate of drug-likeness (QED) is 0.543. The summed E-state index contributed by atoms with van der Waals surface area (Å²) in [5.74, 6) is 1.89. The van der Waals surface area contributed by atoms with E-state index in [4.69, 9.17) is 9.47 Å². The Morgan fingerprint density at radius 1 is 1.17 bits per heavy atom. The van der Waals surface area contributed by atoms with E-state index in [9.17, 15) is 9.59 Å². The molecule has 2 fully saturated rings. The second kappa shape index (κ2) is 14.0. The molecule has 9 heteroatoms. The molecule has 0 saturated carbocycles. The van der Waals surface area contributed by atoms with Crippen molar-refractivity contribution in [3.05, 3.63) is 18.6 Å². The highest BCUT2D eigenvalue weighted by atomic mass is 16.5. The molecule has 2 saturated heterocycles. The van der Waals surface area contributed by atoms with Crippen LogP contribution in [0.3, 0.4) is 0 Å². The summed E-state index contributed by atoms with van der Waals surface area (Å²) in [6.45, 7) is 10.6. The van der Waals surface area contributed by atoms with E-state index in [2.05, 4.69) is 25.2 Å². The number of carbonyl (C=O) groups excluding carboxylic acids is 2. The molecule has 0 bridgehead atoms. The number of aromatic nitrogens is 3. The molecule has 2 aromatic heterocycles. The average Bonchev–Trinajstić information content (AvgIpc) is 3.38. The molecule has 2 aliphatic rings. The van der Waals surface area contributed by atoms with Gasteiger partial charge in [0.15, 0.2) is 0 Å². The molecule has 35 heavy (non-hydrogen) atoms. The molecule has 2 aromatic rings. The lowest BCUT2D eigenvalue weighted by Crippen LogP contribution is -2.36. The highest BCUT2D eigenvalue weighted by Gasteiger charge is 2.26. The number of carbonyl (C=O) groups is 2. The number of nitrogens with zero attached hydrogens (tertiary/aromatic N) is 3. The van der Waals surface area contributed by atoms with Gasteiger partial charge < -0.3 is 24.7 Å². The fourth-order valence-electron chi connectivity index (χ4n) is 4.93. The molecule has 3 atom stereocenters. The van der Waals surface area contributed by atoms with Crippen molar-refractivity contribution in [2.24, 2.45) is 17.8 Å². The van der Waals surface area contributed by atoms with Gasteiger partial charge in [0.05, 0.1) is 24.5 Å². The van der Waals surface area contributed by atoms with Crippen molar-refractivity contribution in [3.8, 4) is 0 Å². The van der Waals surface area contributed by atoms with Gasteiger partial charge in [0.25, 0.3) is 0 Å². The molecule has 2 N–H and O–H groups in total. The van der Waals surface area contributed by atoms with E-state index in [1.54, 1.807) is 6.33 Å². The van der Waals surface area contributed by atoms with Crippen LogP contribution in [0.4, 0.5) is 5.82 Å². The van der Waals surface area contributed by atoms with Crippen LogP contribution in [0.5, 0.6) is 0 Å². The van der Waals surface area contributed by atoms with E-state index in [0.29, 0.717) is 31.5 Å². The average molecular weight is 488 g/mol. The zero-order valence-corrected chi connectivity index (χ0v) is 21.4. The predicted molar refractivity (Wildman–Crippen MR) is 136 cm³/mol. The van der Waals surface area contributed by atoms with Gasteiger partial charge in [0.1, 0.15) is 17.8 Å². The van der Waals surface area contributed by atoms with Crippen LogP contribution in [0.25, 0.3) is 11.0 Å². The predicted octanol–water partition coefficient (Wildman–Crippen LogP) is 3.70. The Kier molecular flexibility index (Phi) is 10.8. The molecule has 0 radical (unpaired) electrons. The van der Waals surface area contributed by atoms with Gasteiger partial charge in [-0.2, -0.15) is 0 Å². The molecule has 9 nitrogen and oxygen atoms in total. The van der Waals surface area contributed by atoms with Gasteiger partial charge in [-0.3, -0.25) is 9.59 Å². The van der Waals surface area contributed by atoms with Crippen molar-refractivity contribution in [2.75, 3.05) is 44.3 Å². The highest BCUT2D eigenvalue weighted by molar-refractivity contribution is 5.87. The summed E-state index contributed by atoms with van der Waals surface area (Å²) >= 11 is 0. The maximum Gasteiger partial charge on any atom is 0.308 e. The van der Waals surface area contributed by atoms with Crippen molar-refractivity contribution in [1.82, 2.24) is 20.3 Å². The van der Waals surface area contributed by atoms with Crippen molar-refractivity contribution in [1.29, 1.82) is 0 Å². The smallest absolute Gasteiger partial charge is 0.308 e. The van der Waals surface area contributed by atoms with Gasteiger partial charge in [-0.05, 0) is 76.9 Å². The fraction of sp³-hybridized carbons (Fsp3) is 0.692. The minimum absolute atomic E-state index is 0.0452. The maximum atomic E-state index is 11.5. The Morgan fingerprint density at radius 2 is 2.00 bits per heavy atom. The first-order valence-electron chi connectivity index (χ1n) is 13.1. The number of aromatic amines is 1. The number of hydrogen-bond acceptors (Lipinski definition) is 8. The van der Waals surface area contributed by atoms with Crippen LogP contribution in [0.1, 0.15) is 59.3 Å². The number of anilines is 1. The molecule has 0 aromatic carbocycles. The monoisotopic (exact) mass is 487 g/mol. The summed E-state index contributed by atoms with van der Waals surface area (Å²) in [7, 11) is 0. The van der Waals surface area contributed by atoms with Crippen molar-refractivity contribution >= 4 is 28.8 Å². The first-order chi connectivity index (χ1) is 17.0. The lowest BCUT2D eigenvalue weighted by atomic mass is 9.87. The first kappa shape index (κ1) is 26.9. The number of H-pyrrole nitrogens is 1. The largest absolute Gasteiger partial charge is 0.466 e. The number of ether oxygens (including phenoxy) is 2. The Morgan fingerprint density at radius 3 is 2.74 bits per heavy atom. The number of rotatable bonds is 8. The first-order valence-corrected chi connectivity index (χ1v) is 13.1. The van der Waals surface area contributed by atoms with Crippen LogP contribution in [0, 0.1) is 17.8 Å². The SMILES string of the molecule is CCOC(=O)C(C)C1CCCNC1.CCOC(=O)CCC1CCCN(c2ncnc3[nH]ccc23)C1. The third kappa shape index (κ3) is 7.92. The Hall–Kier alpha value is -2.68. The van der Waals surface area contributed by atoms with Crippen molar-refractivity contribution in [3.63, 3.8) is 0 Å². The minimum Gasteiger partial charge on any atom is -0.466 e. The van der Waals surface area contributed by atoms with Crippen molar-refractivity contribution in [2.45, 2.75) is 59.3 Å². The number of fused-ring (bicyclic) bond motifs is 1. The Labute approximate surface area is 208 Å². The van der Waals surface area contributed by atoms with Crippen molar-refractivity contribution < 1.29 is 19.1 Å². The third-order valence-electron chi connectivity index (χ3n) is 6.91. The maximum absolute atomic E-state index is 11.5. The van der Waals surface area contributed by atoms with E-state index in [0.717, 1.165) is 68.7 Å². The summed E-state index contributed by atoms with van der Waals surface area (Å²) in [5, 5.41) is 4.37. The number of esters is 2. The number of piperidine rings is 2. The second-order valence-electron chi connectivity index (χ2n) is 9.38. The van der Waals surface area contributed by atoms with Gasteiger partial charge in [-0.15, -0.1) is 0 Å². The summed E-state index contributed by atoms with van der Waals surface area (Å²) in [6.07, 6.45) is 9.51. The Bertz CT molecular complexity index is 927. The van der Waals surface area contributed by atoms with E-state index < -0.39 is 0 Å². The molecule has 2 aliphatic heterocycles. The molecule has 194 valence electrons. The van der Waals surface area contributed by atoms with Crippen LogP contribution >= 0.6 is 0 Å².